The van der Waals surface area contributed by atoms with E-state index >= 15 is 0 Å². The number of thiol groups is 1. The third kappa shape index (κ3) is 35.1. The molecular weight excluding hydrogens is 436 g/mol. The summed E-state index contributed by atoms with van der Waals surface area (Å²) in [6.07, 6.45) is 7.85. The number of aliphatic hydroxyl groups excluding tert-OH is 1. The Hall–Kier alpha value is -1.45. The van der Waals surface area contributed by atoms with E-state index in [0.29, 0.717) is 5.75 Å². The highest BCUT2D eigenvalue weighted by Crippen LogP contribution is 2.15. The summed E-state index contributed by atoms with van der Waals surface area (Å²) in [5.41, 5.74) is 2.33. The molecule has 202 valence electrons. The van der Waals surface area contributed by atoms with Crippen LogP contribution in [0.5, 0.6) is 5.75 Å². The minimum atomic E-state index is -0.116. The Morgan fingerprint density at radius 1 is 0.676 bits per heavy atom. The van der Waals surface area contributed by atoms with Gasteiger partial charge in [0.15, 0.2) is 0 Å². The molecule has 0 amide bonds. The van der Waals surface area contributed by atoms with E-state index in [2.05, 4.69) is 67.2 Å². The van der Waals surface area contributed by atoms with E-state index in [4.69, 9.17) is 10.2 Å². The Labute approximate surface area is 220 Å². The van der Waals surface area contributed by atoms with Crippen LogP contribution in [0.15, 0.2) is 53.4 Å². The van der Waals surface area contributed by atoms with E-state index in [1.165, 1.54) is 31.2 Å². The Morgan fingerprint density at radius 3 is 1.21 bits per heavy atom. The summed E-state index contributed by atoms with van der Waals surface area (Å²) in [6.45, 7) is 20.7. The van der Waals surface area contributed by atoms with Crippen LogP contribution in [0, 0.1) is 0 Å². The summed E-state index contributed by atoms with van der Waals surface area (Å²) in [7, 11) is 0. The maximum Gasteiger partial charge on any atom is 0.118 e. The van der Waals surface area contributed by atoms with Crippen LogP contribution in [0.25, 0.3) is 0 Å². The molecule has 2 rings (SSSR count). The average Bonchev–Trinajstić information content (AvgIpc) is 2.82. The zero-order valence-corrected chi connectivity index (χ0v) is 24.4. The summed E-state index contributed by atoms with van der Waals surface area (Å²) in [5.74, 6) is 0.403. The van der Waals surface area contributed by atoms with Gasteiger partial charge < -0.3 is 10.2 Å². The second-order valence-corrected chi connectivity index (χ2v) is 8.12. The van der Waals surface area contributed by atoms with Crippen LogP contribution in [0.4, 0.5) is 0 Å². The highest BCUT2D eigenvalue weighted by Gasteiger charge is 1.92. The molecular formula is C31H60O2S. The van der Waals surface area contributed by atoms with Crippen LogP contribution in [0.1, 0.15) is 120 Å². The first-order valence-corrected chi connectivity index (χ1v) is 13.4. The summed E-state index contributed by atoms with van der Waals surface area (Å²) in [5, 5.41) is 17.5. The topological polar surface area (TPSA) is 40.5 Å². The van der Waals surface area contributed by atoms with Gasteiger partial charge in [0.05, 0.1) is 6.10 Å². The van der Waals surface area contributed by atoms with E-state index in [1.807, 2.05) is 50.2 Å². The number of aromatic hydroxyl groups is 1. The van der Waals surface area contributed by atoms with Gasteiger partial charge in [0.2, 0.25) is 0 Å². The molecule has 0 aliphatic carbocycles. The first-order valence-electron chi connectivity index (χ1n) is 12.9. The Kier molecular flexibility index (Phi) is 45.4. The molecule has 0 bridgehead atoms. The molecule has 0 spiro atoms. The molecule has 0 saturated heterocycles. The van der Waals surface area contributed by atoms with Gasteiger partial charge in [-0.05, 0) is 49.4 Å². The molecule has 0 aromatic heterocycles. The standard InChI is InChI=1S/C8H10O.C8H10S.C4H10O.C4H10.2C3H8.CH4/c2*1-2-7-5-3-4-6-8(7)9;1-3-4(2)5;1-3-4-2;2*1-3-2;/h2*3-6,9H,2H2,1H3;4-5H,3H2,1-2H3;3-4H2,1-2H3;2*3H2,1-2H3;1H4. The third-order valence-electron chi connectivity index (χ3n) is 3.84. The fraction of sp³-hybridized carbons (Fsp3) is 0.613. The molecule has 2 aromatic rings. The molecule has 0 fully saturated rings. The van der Waals surface area contributed by atoms with Crippen LogP contribution in [0.3, 0.4) is 0 Å². The summed E-state index contributed by atoms with van der Waals surface area (Å²) in [4.78, 5) is 1.10. The molecule has 1 atom stereocenters. The third-order valence-corrected chi connectivity index (χ3v) is 4.27. The normalized spacial score (nSPS) is 9.18. The molecule has 0 saturated carbocycles. The predicted molar refractivity (Wildman–Crippen MR) is 162 cm³/mol. The first kappa shape index (κ1) is 42.7. The van der Waals surface area contributed by atoms with Gasteiger partial charge in [-0.1, -0.05) is 132 Å². The van der Waals surface area contributed by atoms with E-state index in [-0.39, 0.29) is 13.5 Å². The van der Waals surface area contributed by atoms with Crippen molar-refractivity contribution in [3.63, 3.8) is 0 Å². The van der Waals surface area contributed by atoms with E-state index in [9.17, 15) is 0 Å². The number of hydrogen-bond acceptors (Lipinski definition) is 3. The van der Waals surface area contributed by atoms with Crippen LogP contribution in [-0.4, -0.2) is 16.3 Å². The number of rotatable bonds is 4. The summed E-state index contributed by atoms with van der Waals surface area (Å²) >= 11 is 4.28. The number of aliphatic hydroxyl groups is 1. The number of hydrogen-bond donors (Lipinski definition) is 3. The number of unbranched alkanes of at least 4 members (excludes halogenated alkanes) is 1. The van der Waals surface area contributed by atoms with Crippen LogP contribution < -0.4 is 0 Å². The van der Waals surface area contributed by atoms with E-state index in [0.717, 1.165) is 29.7 Å². The van der Waals surface area contributed by atoms with Crippen molar-refractivity contribution in [3.8, 4) is 5.75 Å². The number of aryl methyl sites for hydroxylation is 2. The molecule has 2 N–H and O–H groups in total. The zero-order chi connectivity index (χ0) is 26.5. The van der Waals surface area contributed by atoms with Crippen LogP contribution in [-0.2, 0) is 12.8 Å². The predicted octanol–water partition coefficient (Wildman–Crippen LogP) is 10.5. The zero-order valence-electron chi connectivity index (χ0n) is 23.5. The molecule has 2 nitrogen and oxygen atoms in total. The van der Waals surface area contributed by atoms with Gasteiger partial charge in [-0.3, -0.25) is 0 Å². The van der Waals surface area contributed by atoms with E-state index < -0.39 is 0 Å². The van der Waals surface area contributed by atoms with Gasteiger partial charge in [0.25, 0.3) is 0 Å². The largest absolute Gasteiger partial charge is 0.508 e. The van der Waals surface area contributed by atoms with E-state index in [1.54, 1.807) is 13.0 Å². The maximum absolute atomic E-state index is 9.11. The van der Waals surface area contributed by atoms with Crippen molar-refractivity contribution in [3.05, 3.63) is 59.7 Å². The number of phenols is 1. The van der Waals surface area contributed by atoms with Crippen LogP contribution >= 0.6 is 12.6 Å². The van der Waals surface area contributed by atoms with Crippen molar-refractivity contribution in [1.29, 1.82) is 0 Å². The summed E-state index contributed by atoms with van der Waals surface area (Å²) in [6, 6.07) is 15.5. The van der Waals surface area contributed by atoms with Gasteiger partial charge in [0.1, 0.15) is 5.75 Å². The molecule has 2 aromatic carbocycles. The van der Waals surface area contributed by atoms with Gasteiger partial charge in [-0.25, -0.2) is 0 Å². The Bertz CT molecular complexity index is 548. The fourth-order valence-electron chi connectivity index (χ4n) is 1.62. The lowest BCUT2D eigenvalue weighted by atomic mass is 10.1. The van der Waals surface area contributed by atoms with Crippen molar-refractivity contribution >= 4 is 12.6 Å². The van der Waals surface area contributed by atoms with Gasteiger partial charge >= 0.3 is 0 Å². The first-order chi connectivity index (χ1) is 15.7. The lowest BCUT2D eigenvalue weighted by Crippen LogP contribution is -1.93. The second-order valence-electron chi connectivity index (χ2n) is 7.64. The highest BCUT2D eigenvalue weighted by molar-refractivity contribution is 7.80. The fourth-order valence-corrected chi connectivity index (χ4v) is 1.94. The molecule has 0 aliphatic heterocycles. The number of benzene rings is 2. The second kappa shape index (κ2) is 36.1. The van der Waals surface area contributed by atoms with Crippen molar-refractivity contribution in [2.45, 2.75) is 133 Å². The van der Waals surface area contributed by atoms with Crippen LogP contribution in [0.2, 0.25) is 0 Å². The minimum absolute atomic E-state index is 0. The Morgan fingerprint density at radius 2 is 1.00 bits per heavy atom. The van der Waals surface area contributed by atoms with Crippen molar-refractivity contribution in [2.75, 3.05) is 0 Å². The summed E-state index contributed by atoms with van der Waals surface area (Å²) < 4.78 is 0. The minimum Gasteiger partial charge on any atom is -0.508 e. The molecule has 0 radical (unpaired) electrons. The van der Waals surface area contributed by atoms with Crippen molar-refractivity contribution in [1.82, 2.24) is 0 Å². The quantitative estimate of drug-likeness (QED) is 0.368. The Balaban J connectivity index is -0.000000105. The molecule has 0 heterocycles. The van der Waals surface area contributed by atoms with Crippen molar-refractivity contribution < 1.29 is 10.2 Å². The van der Waals surface area contributed by atoms with Gasteiger partial charge in [-0.15, -0.1) is 12.6 Å². The lowest BCUT2D eigenvalue weighted by Gasteiger charge is -1.97. The van der Waals surface area contributed by atoms with Gasteiger partial charge in [0, 0.05) is 4.90 Å². The number of phenolic OH excluding ortho intramolecular Hbond substituents is 1. The maximum atomic E-state index is 9.11. The smallest absolute Gasteiger partial charge is 0.118 e. The van der Waals surface area contributed by atoms with Crippen molar-refractivity contribution in [2.24, 2.45) is 0 Å². The van der Waals surface area contributed by atoms with Gasteiger partial charge in [-0.2, -0.15) is 0 Å². The number of para-hydroxylation sites is 1. The lowest BCUT2D eigenvalue weighted by molar-refractivity contribution is 0.191. The average molecular weight is 497 g/mol. The molecule has 3 heteroatoms. The molecule has 0 aliphatic rings. The molecule has 1 unspecified atom stereocenters. The SMILES string of the molecule is C.CCC.CCC.CCC(C)O.CCCC.CCc1ccccc1O.CCc1ccccc1S. The molecule has 34 heavy (non-hydrogen) atoms. The highest BCUT2D eigenvalue weighted by atomic mass is 32.1. The monoisotopic (exact) mass is 496 g/mol.